The van der Waals surface area contributed by atoms with Crippen LogP contribution in [0.1, 0.15) is 35.2 Å². The summed E-state index contributed by atoms with van der Waals surface area (Å²) in [7, 11) is 3.06. The molecule has 0 heterocycles. The molecule has 0 spiro atoms. The molecular weight excluding hydrogens is 468 g/mol. The third-order valence-electron chi connectivity index (χ3n) is 7.85. The highest BCUT2D eigenvalue weighted by molar-refractivity contribution is 6.25. The maximum Gasteiger partial charge on any atom is 0.255 e. The fraction of sp³-hybridized carbons (Fsp3) is 0.385. The Morgan fingerprint density at radius 3 is 2.39 bits per heavy atom. The summed E-state index contributed by atoms with van der Waals surface area (Å²) in [5, 5.41) is 44.8. The molecule has 3 aliphatic carbocycles. The summed E-state index contributed by atoms with van der Waals surface area (Å²) in [5.74, 6) is -9.66. The van der Waals surface area contributed by atoms with Gasteiger partial charge < -0.3 is 26.2 Å². The molecular formula is C26H28N2O8. The van der Waals surface area contributed by atoms with Crippen LogP contribution in [0.25, 0.3) is 0 Å². The average Bonchev–Trinajstić information content (AvgIpc) is 2.80. The van der Waals surface area contributed by atoms with Crippen LogP contribution in [0, 0.1) is 17.8 Å². The lowest BCUT2D eigenvalue weighted by atomic mass is 9.51. The zero-order chi connectivity index (χ0) is 26.9. The summed E-state index contributed by atoms with van der Waals surface area (Å²) in [6.45, 7) is 5.24. The van der Waals surface area contributed by atoms with E-state index in [0.29, 0.717) is 5.56 Å². The van der Waals surface area contributed by atoms with Crippen LogP contribution in [0.15, 0.2) is 53.5 Å². The summed E-state index contributed by atoms with van der Waals surface area (Å²) in [6.07, 6.45) is 0.798. The minimum atomic E-state index is -2.85. The first-order chi connectivity index (χ1) is 16.8. The van der Waals surface area contributed by atoms with Gasteiger partial charge in [0.25, 0.3) is 5.91 Å². The molecule has 0 aromatic heterocycles. The number of hydrogen-bond donors (Lipinski definition) is 5. The number of benzene rings is 1. The normalized spacial score (nSPS) is 31.6. The standard InChI is InChI=1S/C26H28N2O8/c1-5-11(29)9-13-15-10(2)12-7-6-8-14(30)16(12)21(31)17(15)23(33)26(36)19(13)20(28(3)4)22(32)18(24(26)34)25(27)35/h5-8,10,13,15,19-20,30,32-33,36H,1,9H2,2-4H3,(H2,27,35). The number of amides is 1. The van der Waals surface area contributed by atoms with Gasteiger partial charge in [-0.3, -0.25) is 24.1 Å². The lowest BCUT2D eigenvalue weighted by Gasteiger charge is -2.55. The van der Waals surface area contributed by atoms with Crippen molar-refractivity contribution in [3.63, 3.8) is 0 Å². The van der Waals surface area contributed by atoms with Gasteiger partial charge in [-0.15, -0.1) is 0 Å². The number of rotatable bonds is 5. The number of ketones is 3. The minimum Gasteiger partial charge on any atom is -0.510 e. The number of hydrogen-bond acceptors (Lipinski definition) is 9. The Balaban J connectivity index is 2.12. The number of likely N-dealkylation sites (N-methyl/N-ethyl adjacent to an activating group) is 1. The minimum absolute atomic E-state index is 0.0837. The number of allylic oxidation sites excluding steroid dienone is 2. The average molecular weight is 497 g/mol. The molecule has 10 heteroatoms. The zero-order valence-corrected chi connectivity index (χ0v) is 20.1. The van der Waals surface area contributed by atoms with Gasteiger partial charge in [-0.1, -0.05) is 25.6 Å². The van der Waals surface area contributed by atoms with Crippen molar-refractivity contribution >= 4 is 23.3 Å². The summed E-state index contributed by atoms with van der Waals surface area (Å²) >= 11 is 0. The molecule has 6 atom stereocenters. The summed E-state index contributed by atoms with van der Waals surface area (Å²) in [4.78, 5) is 53.5. The van der Waals surface area contributed by atoms with Crippen LogP contribution >= 0.6 is 0 Å². The summed E-state index contributed by atoms with van der Waals surface area (Å²) in [6, 6.07) is 3.31. The third-order valence-corrected chi connectivity index (χ3v) is 7.85. The Labute approximate surface area is 207 Å². The van der Waals surface area contributed by atoms with E-state index in [9.17, 15) is 39.6 Å². The zero-order valence-electron chi connectivity index (χ0n) is 20.1. The van der Waals surface area contributed by atoms with Gasteiger partial charge in [-0.25, -0.2) is 0 Å². The van der Waals surface area contributed by atoms with E-state index in [-0.39, 0.29) is 23.3 Å². The second-order valence-corrected chi connectivity index (χ2v) is 9.84. The van der Waals surface area contributed by atoms with E-state index < -0.39 is 75.7 Å². The summed E-state index contributed by atoms with van der Waals surface area (Å²) in [5.41, 5.74) is 1.69. The number of Topliss-reactive ketones (excluding diaryl/α,β-unsaturated/α-hetero) is 2. The number of nitrogens with zero attached hydrogens (tertiary/aromatic N) is 1. The van der Waals surface area contributed by atoms with E-state index in [2.05, 4.69) is 6.58 Å². The Morgan fingerprint density at radius 2 is 1.83 bits per heavy atom. The van der Waals surface area contributed by atoms with Gasteiger partial charge in [0.15, 0.2) is 17.2 Å². The van der Waals surface area contributed by atoms with Gasteiger partial charge in [0.2, 0.25) is 5.78 Å². The van der Waals surface area contributed by atoms with Crippen LogP contribution < -0.4 is 5.73 Å². The van der Waals surface area contributed by atoms with Gasteiger partial charge in [0.1, 0.15) is 22.8 Å². The fourth-order valence-corrected chi connectivity index (χ4v) is 6.38. The quantitative estimate of drug-likeness (QED) is 0.294. The number of carbonyl (C=O) groups is 4. The van der Waals surface area contributed by atoms with Crippen LogP contribution in [0.2, 0.25) is 0 Å². The number of aromatic hydroxyl groups is 1. The Morgan fingerprint density at radius 1 is 1.19 bits per heavy atom. The molecule has 36 heavy (non-hydrogen) atoms. The molecule has 0 saturated heterocycles. The Kier molecular flexibility index (Phi) is 5.93. The molecule has 0 fully saturated rings. The number of aliphatic hydroxyl groups excluding tert-OH is 2. The number of aliphatic hydroxyl groups is 3. The molecule has 0 bridgehead atoms. The van der Waals surface area contributed by atoms with Crippen molar-refractivity contribution < 1.29 is 39.6 Å². The molecule has 190 valence electrons. The van der Waals surface area contributed by atoms with Gasteiger partial charge in [0.05, 0.1) is 11.6 Å². The fourth-order valence-electron chi connectivity index (χ4n) is 6.38. The third kappa shape index (κ3) is 3.17. The number of phenols is 1. The van der Waals surface area contributed by atoms with Crippen molar-refractivity contribution in [3.8, 4) is 5.75 Å². The van der Waals surface area contributed by atoms with Crippen molar-refractivity contribution in [1.29, 1.82) is 0 Å². The van der Waals surface area contributed by atoms with Crippen LogP contribution in [0.3, 0.4) is 0 Å². The second-order valence-electron chi connectivity index (χ2n) is 9.84. The molecule has 6 N–H and O–H groups in total. The smallest absolute Gasteiger partial charge is 0.255 e. The van der Waals surface area contributed by atoms with E-state index >= 15 is 0 Å². The predicted octanol–water partition coefficient (Wildman–Crippen LogP) is 1.05. The van der Waals surface area contributed by atoms with E-state index in [0.717, 1.165) is 6.08 Å². The van der Waals surface area contributed by atoms with Gasteiger partial charge in [-0.2, -0.15) is 0 Å². The van der Waals surface area contributed by atoms with Crippen molar-refractivity contribution in [2.24, 2.45) is 23.5 Å². The molecule has 0 aliphatic heterocycles. The number of nitrogens with two attached hydrogens (primary N) is 1. The van der Waals surface area contributed by atoms with Crippen LogP contribution in [-0.4, -0.2) is 74.3 Å². The monoisotopic (exact) mass is 496 g/mol. The molecule has 1 aromatic rings. The van der Waals surface area contributed by atoms with Crippen molar-refractivity contribution in [3.05, 3.63) is 64.6 Å². The molecule has 10 nitrogen and oxygen atoms in total. The molecule has 0 saturated carbocycles. The lowest BCUT2D eigenvalue weighted by molar-refractivity contribution is -0.156. The van der Waals surface area contributed by atoms with E-state index in [1.165, 1.54) is 25.1 Å². The van der Waals surface area contributed by atoms with Gasteiger partial charge in [-0.05, 0) is 43.6 Å². The maximum atomic E-state index is 13.7. The molecule has 1 aromatic carbocycles. The molecule has 4 rings (SSSR count). The topological polar surface area (TPSA) is 178 Å². The first-order valence-corrected chi connectivity index (χ1v) is 11.4. The highest BCUT2D eigenvalue weighted by Crippen LogP contribution is 2.58. The first-order valence-electron chi connectivity index (χ1n) is 11.4. The lowest BCUT2D eigenvalue weighted by Crippen LogP contribution is -2.67. The number of primary amides is 1. The van der Waals surface area contributed by atoms with Crippen molar-refractivity contribution in [1.82, 2.24) is 4.90 Å². The molecule has 0 radical (unpaired) electrons. The number of carbonyl (C=O) groups excluding carboxylic acids is 4. The maximum absolute atomic E-state index is 13.7. The molecule has 1 amide bonds. The van der Waals surface area contributed by atoms with E-state index in [1.807, 2.05) is 0 Å². The first kappa shape index (κ1) is 25.3. The van der Waals surface area contributed by atoms with Gasteiger partial charge >= 0.3 is 0 Å². The highest BCUT2D eigenvalue weighted by Gasteiger charge is 2.67. The van der Waals surface area contributed by atoms with Gasteiger partial charge in [0, 0.05) is 23.8 Å². The largest absolute Gasteiger partial charge is 0.510 e. The van der Waals surface area contributed by atoms with Crippen LogP contribution in [0.5, 0.6) is 5.75 Å². The van der Waals surface area contributed by atoms with Crippen molar-refractivity contribution in [2.45, 2.75) is 30.9 Å². The Hall–Kier alpha value is -3.76. The van der Waals surface area contributed by atoms with Crippen molar-refractivity contribution in [2.75, 3.05) is 14.1 Å². The van der Waals surface area contributed by atoms with E-state index in [1.54, 1.807) is 19.1 Å². The van der Waals surface area contributed by atoms with Crippen LogP contribution in [-0.2, 0) is 14.4 Å². The Bertz CT molecular complexity index is 1290. The van der Waals surface area contributed by atoms with E-state index in [4.69, 9.17) is 5.73 Å². The number of fused-ring (bicyclic) bond motifs is 3. The predicted molar refractivity (Wildman–Crippen MR) is 127 cm³/mol. The van der Waals surface area contributed by atoms with Crippen LogP contribution in [0.4, 0.5) is 0 Å². The molecule has 3 aliphatic rings. The summed E-state index contributed by atoms with van der Waals surface area (Å²) < 4.78 is 0. The SMILES string of the molecule is C=CC(=O)CC1C2C(=C(O)C3(O)C(=O)C(C(N)=O)=C(O)C(N(C)C)C13)C(=O)c1c(O)cccc1C2C. The number of phenolic OH excluding ortho intramolecular Hbond substituents is 1. The highest BCUT2D eigenvalue weighted by atomic mass is 16.3. The second kappa shape index (κ2) is 8.42. The molecule has 6 unspecified atom stereocenters.